The molecule has 0 saturated carbocycles. The lowest BCUT2D eigenvalue weighted by molar-refractivity contribution is -0.189. The van der Waals surface area contributed by atoms with E-state index in [1.165, 1.54) is 18.2 Å². The molecule has 1 aliphatic heterocycles. The smallest absolute Gasteiger partial charge is 0.326 e. The quantitative estimate of drug-likeness (QED) is 0.771. The molecule has 1 aromatic rings. The summed E-state index contributed by atoms with van der Waals surface area (Å²) in [6, 6.07) is 5.65. The van der Waals surface area contributed by atoms with Crippen LogP contribution >= 0.6 is 0 Å². The minimum atomic E-state index is -4.48. The molecule has 0 bridgehead atoms. The van der Waals surface area contributed by atoms with Crippen LogP contribution in [0.1, 0.15) is 18.0 Å². The summed E-state index contributed by atoms with van der Waals surface area (Å²) in [5.41, 5.74) is 0.0908. The Morgan fingerprint density at radius 3 is 2.42 bits per heavy atom. The number of likely N-dealkylation sites (tertiary alicyclic amines) is 1. The van der Waals surface area contributed by atoms with E-state index < -0.39 is 18.1 Å². The van der Waals surface area contributed by atoms with Crippen molar-refractivity contribution in [2.75, 3.05) is 6.54 Å². The highest BCUT2D eigenvalue weighted by atomic mass is 19.4. The van der Waals surface area contributed by atoms with Gasteiger partial charge in [0.1, 0.15) is 0 Å². The zero-order chi connectivity index (χ0) is 14.0. The molecule has 2 atom stereocenters. The van der Waals surface area contributed by atoms with E-state index in [0.717, 1.165) is 4.90 Å². The summed E-state index contributed by atoms with van der Waals surface area (Å²) in [6.07, 6.45) is -2.84. The fourth-order valence-electron chi connectivity index (χ4n) is 2.35. The summed E-state index contributed by atoms with van der Waals surface area (Å²) < 4.78 is 39.7. The lowest BCUT2D eigenvalue weighted by Gasteiger charge is -2.30. The van der Waals surface area contributed by atoms with E-state index in [2.05, 4.69) is 6.58 Å². The van der Waals surface area contributed by atoms with Gasteiger partial charge in [-0.1, -0.05) is 36.4 Å². The second-order valence-corrected chi connectivity index (χ2v) is 4.60. The number of amides is 1. The minimum Gasteiger partial charge on any atom is -0.326 e. The van der Waals surface area contributed by atoms with Crippen molar-refractivity contribution >= 4 is 5.91 Å². The van der Waals surface area contributed by atoms with Crippen molar-refractivity contribution in [2.45, 2.75) is 18.6 Å². The van der Waals surface area contributed by atoms with Gasteiger partial charge in [0, 0.05) is 18.9 Å². The van der Waals surface area contributed by atoms with Crippen LogP contribution in [0.4, 0.5) is 13.2 Å². The zero-order valence-corrected chi connectivity index (χ0v) is 10.2. The van der Waals surface area contributed by atoms with Crippen LogP contribution in [0.3, 0.4) is 0 Å². The molecular formula is C14H14F3NO. The summed E-state index contributed by atoms with van der Waals surface area (Å²) in [5.74, 6) is -0.683. The molecule has 0 N–H and O–H groups in total. The van der Waals surface area contributed by atoms with Gasteiger partial charge in [-0.15, -0.1) is 6.58 Å². The number of halogens is 3. The molecule has 1 saturated heterocycles. The Kier molecular flexibility index (Phi) is 3.64. The number of alkyl halides is 3. The van der Waals surface area contributed by atoms with Crippen molar-refractivity contribution in [1.29, 1.82) is 0 Å². The van der Waals surface area contributed by atoms with Gasteiger partial charge in [0.05, 0.1) is 0 Å². The first-order valence-corrected chi connectivity index (χ1v) is 5.97. The van der Waals surface area contributed by atoms with Crippen LogP contribution in [0.2, 0.25) is 0 Å². The Morgan fingerprint density at radius 1 is 1.32 bits per heavy atom. The van der Waals surface area contributed by atoms with Gasteiger partial charge in [0.25, 0.3) is 0 Å². The molecule has 19 heavy (non-hydrogen) atoms. The molecule has 5 heteroatoms. The summed E-state index contributed by atoms with van der Waals surface area (Å²) >= 11 is 0. The van der Waals surface area contributed by atoms with Crippen LogP contribution < -0.4 is 0 Å². The first-order valence-electron chi connectivity index (χ1n) is 5.97. The number of nitrogens with zero attached hydrogens (tertiary/aromatic N) is 1. The third-order valence-electron chi connectivity index (χ3n) is 3.26. The minimum absolute atomic E-state index is 0.0708. The van der Waals surface area contributed by atoms with Gasteiger partial charge in [0.2, 0.25) is 5.91 Å². The fourth-order valence-corrected chi connectivity index (χ4v) is 2.35. The van der Waals surface area contributed by atoms with E-state index in [0.29, 0.717) is 0 Å². The molecule has 0 radical (unpaired) electrons. The molecule has 0 aliphatic carbocycles. The standard InChI is InChI=1S/C14H14F3NO/c1-2-10-8-12(19)18(9-10)13(14(15,16)17)11-6-4-3-5-7-11/h2-7,10,13H,1,8-9H2. The van der Waals surface area contributed by atoms with Crippen LogP contribution in [0.5, 0.6) is 0 Å². The van der Waals surface area contributed by atoms with Gasteiger partial charge in [-0.25, -0.2) is 0 Å². The van der Waals surface area contributed by atoms with Crippen molar-refractivity contribution in [2.24, 2.45) is 5.92 Å². The topological polar surface area (TPSA) is 20.3 Å². The molecule has 1 aliphatic rings. The average Bonchev–Trinajstić information content (AvgIpc) is 2.71. The van der Waals surface area contributed by atoms with Gasteiger partial charge >= 0.3 is 6.18 Å². The van der Waals surface area contributed by atoms with E-state index in [4.69, 9.17) is 0 Å². The Hall–Kier alpha value is -1.78. The maximum atomic E-state index is 13.2. The normalized spacial score (nSPS) is 21.5. The first kappa shape index (κ1) is 13.6. The van der Waals surface area contributed by atoms with Gasteiger partial charge in [-0.05, 0) is 5.56 Å². The van der Waals surface area contributed by atoms with Crippen molar-refractivity contribution in [1.82, 2.24) is 4.90 Å². The molecule has 1 amide bonds. The summed E-state index contributed by atoms with van der Waals surface area (Å²) in [4.78, 5) is 12.7. The van der Waals surface area contributed by atoms with Crippen molar-refractivity contribution in [3.05, 3.63) is 48.6 Å². The van der Waals surface area contributed by atoms with E-state index in [-0.39, 0.29) is 24.4 Å². The van der Waals surface area contributed by atoms with Crippen LogP contribution in [0.15, 0.2) is 43.0 Å². The monoisotopic (exact) mass is 269 g/mol. The highest BCUT2D eigenvalue weighted by Crippen LogP contribution is 2.40. The predicted octanol–water partition coefficient (Wildman–Crippen LogP) is 3.32. The molecule has 102 valence electrons. The average molecular weight is 269 g/mol. The third kappa shape index (κ3) is 2.80. The Bertz CT molecular complexity index is 469. The number of carbonyl (C=O) groups excluding carboxylic acids is 1. The van der Waals surface area contributed by atoms with Crippen molar-refractivity contribution < 1.29 is 18.0 Å². The van der Waals surface area contributed by atoms with E-state index in [1.807, 2.05) is 0 Å². The van der Waals surface area contributed by atoms with Crippen LogP contribution in [-0.4, -0.2) is 23.5 Å². The van der Waals surface area contributed by atoms with Crippen molar-refractivity contribution in [3.63, 3.8) is 0 Å². The van der Waals surface area contributed by atoms with Gasteiger partial charge in [-0.2, -0.15) is 13.2 Å². The largest absolute Gasteiger partial charge is 0.413 e. The molecule has 1 heterocycles. The lowest BCUT2D eigenvalue weighted by atomic mass is 10.1. The molecule has 2 unspecified atom stereocenters. The number of rotatable bonds is 3. The Morgan fingerprint density at radius 2 is 1.95 bits per heavy atom. The van der Waals surface area contributed by atoms with E-state index in [1.54, 1.807) is 18.2 Å². The van der Waals surface area contributed by atoms with E-state index in [9.17, 15) is 18.0 Å². The maximum Gasteiger partial charge on any atom is 0.413 e. The molecule has 1 fully saturated rings. The number of carbonyl (C=O) groups is 1. The number of hydrogen-bond donors (Lipinski definition) is 0. The highest BCUT2D eigenvalue weighted by molar-refractivity contribution is 5.79. The number of benzene rings is 1. The summed E-state index contributed by atoms with van der Waals surface area (Å²) in [7, 11) is 0. The zero-order valence-electron chi connectivity index (χ0n) is 10.2. The molecule has 0 spiro atoms. The highest BCUT2D eigenvalue weighted by Gasteiger charge is 2.48. The molecule has 0 aromatic heterocycles. The van der Waals surface area contributed by atoms with Gasteiger partial charge < -0.3 is 4.90 Å². The Balaban J connectivity index is 2.35. The maximum absolute atomic E-state index is 13.2. The fraction of sp³-hybridized carbons (Fsp3) is 0.357. The summed E-state index contributed by atoms with van der Waals surface area (Å²) in [6.45, 7) is 3.62. The van der Waals surface area contributed by atoms with Crippen LogP contribution in [-0.2, 0) is 4.79 Å². The van der Waals surface area contributed by atoms with Crippen LogP contribution in [0, 0.1) is 5.92 Å². The predicted molar refractivity (Wildman–Crippen MR) is 65.3 cm³/mol. The molecule has 1 aromatic carbocycles. The SMILES string of the molecule is C=CC1CC(=O)N(C(c2ccccc2)C(F)(F)F)C1. The van der Waals surface area contributed by atoms with Gasteiger partial charge in [-0.3, -0.25) is 4.79 Å². The first-order chi connectivity index (χ1) is 8.93. The van der Waals surface area contributed by atoms with Gasteiger partial charge in [0.15, 0.2) is 6.04 Å². The second kappa shape index (κ2) is 5.07. The lowest BCUT2D eigenvalue weighted by Crippen LogP contribution is -2.39. The molecular weight excluding hydrogens is 255 g/mol. The summed E-state index contributed by atoms with van der Waals surface area (Å²) in [5, 5.41) is 0. The molecule has 2 nitrogen and oxygen atoms in total. The Labute approximate surface area is 109 Å². The van der Waals surface area contributed by atoms with Crippen LogP contribution in [0.25, 0.3) is 0 Å². The van der Waals surface area contributed by atoms with Crippen molar-refractivity contribution in [3.8, 4) is 0 Å². The third-order valence-corrected chi connectivity index (χ3v) is 3.26. The second-order valence-electron chi connectivity index (χ2n) is 4.60. The molecule has 2 rings (SSSR count). The van der Waals surface area contributed by atoms with E-state index >= 15 is 0 Å². The number of hydrogen-bond acceptors (Lipinski definition) is 1.